The molecule has 0 amide bonds. The Kier molecular flexibility index (Phi) is 8.12. The second-order valence-corrected chi connectivity index (χ2v) is 18.3. The van der Waals surface area contributed by atoms with Crippen LogP contribution in [0.2, 0.25) is 0 Å². The van der Waals surface area contributed by atoms with Gasteiger partial charge in [-0.2, -0.15) is 0 Å². The molecule has 9 aromatic carbocycles. The van der Waals surface area contributed by atoms with Crippen molar-refractivity contribution in [3.63, 3.8) is 0 Å². The molecule has 2 aromatic heterocycles. The van der Waals surface area contributed by atoms with E-state index in [9.17, 15) is 0 Å². The predicted molar refractivity (Wildman–Crippen MR) is 276 cm³/mol. The van der Waals surface area contributed by atoms with Crippen molar-refractivity contribution >= 4 is 61.0 Å². The highest BCUT2D eigenvalue weighted by molar-refractivity contribution is 6.15. The van der Waals surface area contributed by atoms with Gasteiger partial charge in [0.2, 0.25) is 0 Å². The van der Waals surface area contributed by atoms with E-state index in [0.717, 1.165) is 63.1 Å². The van der Waals surface area contributed by atoms with Crippen LogP contribution in [0.5, 0.6) is 0 Å². The second-order valence-electron chi connectivity index (χ2n) is 18.3. The highest BCUT2D eigenvalue weighted by Gasteiger charge is 2.51. The highest BCUT2D eigenvalue weighted by atomic mass is 16.3. The third-order valence-corrected chi connectivity index (χ3v) is 15.0. The van der Waals surface area contributed by atoms with Crippen molar-refractivity contribution < 1.29 is 8.99 Å². The van der Waals surface area contributed by atoms with Crippen LogP contribution < -0.4 is 0 Å². The first-order valence-corrected chi connectivity index (χ1v) is 23.5. The molecule has 2 aliphatic carbocycles. The van der Waals surface area contributed by atoms with Crippen LogP contribution in [-0.2, 0) is 5.41 Å². The number of benzene rings is 9. The predicted octanol–water partition coefficient (Wildman–Crippen LogP) is 15.1. The summed E-state index contributed by atoms with van der Waals surface area (Å²) in [7, 11) is 2.19. The number of amidine groups is 1. The van der Waals surface area contributed by atoms with Gasteiger partial charge in [-0.3, -0.25) is 0 Å². The van der Waals surface area contributed by atoms with Gasteiger partial charge in [0.05, 0.1) is 29.1 Å². The molecule has 14 rings (SSSR count). The number of nitrogens with zero attached hydrogens (tertiary/aromatic N) is 3. The number of rotatable bonds is 5. The fourth-order valence-corrected chi connectivity index (χ4v) is 12.1. The minimum Gasteiger partial charge on any atom is -0.456 e. The smallest absolute Gasteiger partial charge is 0.331 e. The number of allylic oxidation sites excluding steroid dienone is 1. The molecule has 0 radical (unpaired) electrons. The van der Waals surface area contributed by atoms with Crippen LogP contribution in [0.25, 0.3) is 77.4 Å². The maximum atomic E-state index is 6.46. The number of aromatic nitrogens is 1. The van der Waals surface area contributed by atoms with Gasteiger partial charge in [0.15, 0.2) is 5.70 Å². The van der Waals surface area contributed by atoms with Crippen molar-refractivity contribution in [2.24, 2.45) is 4.99 Å². The van der Waals surface area contributed by atoms with E-state index in [1.165, 1.54) is 83.2 Å². The van der Waals surface area contributed by atoms with Gasteiger partial charge in [-0.1, -0.05) is 159 Å². The van der Waals surface area contributed by atoms with Crippen molar-refractivity contribution in [1.82, 2.24) is 4.57 Å². The number of hydrogen-bond donors (Lipinski definition) is 0. The zero-order chi connectivity index (χ0) is 44.4. The van der Waals surface area contributed by atoms with Crippen molar-refractivity contribution in [3.8, 4) is 27.9 Å². The van der Waals surface area contributed by atoms with Gasteiger partial charge in [0.25, 0.3) is 0 Å². The summed E-state index contributed by atoms with van der Waals surface area (Å²) in [6, 6.07) is 75.8. The standard InChI is InChI=1S/C63H44N3O/c1-3-39-36-56(40-19-5-4-6-20-40)65(2)62(64-61(39)48-28-18-34-59-60(48)47-27-11-16-33-58(47)67-59)41-21-17-22-42(35-41)66-55-32-15-10-26-46(55)50-37-49-45-25-9-14-31-53(45)63(54(49)38-57(50)66)51-29-12-7-23-43(51)44-24-8-13-30-52(44)63/h4-35,37-38H,3,36H2,1-2H3/q+1. The van der Waals surface area contributed by atoms with E-state index < -0.39 is 5.41 Å². The molecule has 11 aromatic rings. The fraction of sp³-hybridized carbons (Fsp3) is 0.0794. The fourth-order valence-electron chi connectivity index (χ4n) is 12.1. The summed E-state index contributed by atoms with van der Waals surface area (Å²) >= 11 is 0. The quantitative estimate of drug-likeness (QED) is 0.159. The van der Waals surface area contributed by atoms with Gasteiger partial charge in [-0.15, -0.1) is 0 Å². The zero-order valence-electron chi connectivity index (χ0n) is 37.3. The Bertz CT molecular complexity index is 3960. The number of hydrogen-bond acceptors (Lipinski definition) is 2. The number of aliphatic imine (C=N–C) groups is 1. The average Bonchev–Trinajstić information content (AvgIpc) is 4.08. The van der Waals surface area contributed by atoms with E-state index in [1.54, 1.807) is 0 Å². The van der Waals surface area contributed by atoms with Gasteiger partial charge in [-0.25, -0.2) is 4.58 Å². The SMILES string of the molecule is CCC1=C(c2cccc3oc4ccccc4c23)N=C(c2cccc(-n3c4ccccc4c4cc5c(cc43)C3(c4ccccc4-c4ccccc43)c3ccccc3-5)c2)[N+](C)=C(c2ccccc2)C1. The number of fused-ring (bicyclic) bond motifs is 16. The summed E-state index contributed by atoms with van der Waals surface area (Å²) in [5.74, 6) is 0.902. The molecule has 4 nitrogen and oxygen atoms in total. The summed E-state index contributed by atoms with van der Waals surface area (Å²) in [5, 5.41) is 4.69. The van der Waals surface area contributed by atoms with E-state index in [2.05, 4.69) is 223 Å². The third-order valence-electron chi connectivity index (χ3n) is 15.0. The maximum absolute atomic E-state index is 6.46. The lowest BCUT2D eigenvalue weighted by atomic mass is 9.70. The van der Waals surface area contributed by atoms with Gasteiger partial charge in [0.1, 0.15) is 16.9 Å². The largest absolute Gasteiger partial charge is 0.456 e. The third kappa shape index (κ3) is 5.24. The first-order valence-electron chi connectivity index (χ1n) is 23.5. The molecule has 3 heterocycles. The van der Waals surface area contributed by atoms with Gasteiger partial charge >= 0.3 is 5.84 Å². The van der Waals surface area contributed by atoms with E-state index in [0.29, 0.717) is 0 Å². The van der Waals surface area contributed by atoms with Crippen molar-refractivity contribution in [2.75, 3.05) is 7.05 Å². The van der Waals surface area contributed by atoms with Gasteiger partial charge in [-0.05, 0) is 116 Å². The van der Waals surface area contributed by atoms with E-state index in [-0.39, 0.29) is 0 Å². The topological polar surface area (TPSA) is 33.4 Å². The Morgan fingerprint density at radius 2 is 1.10 bits per heavy atom. The van der Waals surface area contributed by atoms with Crippen LogP contribution in [-0.4, -0.2) is 27.7 Å². The van der Waals surface area contributed by atoms with E-state index >= 15 is 0 Å². The summed E-state index contributed by atoms with van der Waals surface area (Å²) in [6.45, 7) is 2.26. The molecule has 0 bridgehead atoms. The summed E-state index contributed by atoms with van der Waals surface area (Å²) < 4.78 is 11.3. The molecule has 0 unspecified atom stereocenters. The number of para-hydroxylation sites is 2. The summed E-state index contributed by atoms with van der Waals surface area (Å²) in [5.41, 5.74) is 22.2. The molecule has 0 saturated carbocycles. The molecule has 0 atom stereocenters. The molecule has 0 saturated heterocycles. The lowest BCUT2D eigenvalue weighted by Gasteiger charge is -2.30. The molecule has 1 aliphatic heterocycles. The molecule has 316 valence electrons. The molecule has 67 heavy (non-hydrogen) atoms. The Hall–Kier alpha value is -8.34. The molecule has 0 N–H and O–H groups in total. The number of furan rings is 1. The second kappa shape index (κ2) is 14.3. The normalized spacial score (nSPS) is 14.8. The van der Waals surface area contributed by atoms with Crippen LogP contribution in [0.3, 0.4) is 0 Å². The molecule has 1 spiro atoms. The Balaban J connectivity index is 1.02. The molecular weight excluding hydrogens is 815 g/mol. The average molecular weight is 859 g/mol. The molecular formula is C63H44N3O+. The van der Waals surface area contributed by atoms with Crippen LogP contribution >= 0.6 is 0 Å². The van der Waals surface area contributed by atoms with Crippen LogP contribution in [0.1, 0.15) is 58.7 Å². The molecule has 4 heteroatoms. The van der Waals surface area contributed by atoms with E-state index in [1.807, 2.05) is 6.07 Å². The lowest BCUT2D eigenvalue weighted by Crippen LogP contribution is -2.26. The maximum Gasteiger partial charge on any atom is 0.331 e. The zero-order valence-corrected chi connectivity index (χ0v) is 37.3. The minimum absolute atomic E-state index is 0.444. The van der Waals surface area contributed by atoms with Crippen molar-refractivity contribution in [3.05, 3.63) is 251 Å². The Morgan fingerprint density at radius 1 is 0.507 bits per heavy atom. The van der Waals surface area contributed by atoms with Crippen LogP contribution in [0.15, 0.2) is 221 Å². The molecule has 0 fully saturated rings. The first-order chi connectivity index (χ1) is 33.1. The van der Waals surface area contributed by atoms with Gasteiger partial charge < -0.3 is 8.98 Å². The van der Waals surface area contributed by atoms with Crippen LogP contribution in [0, 0.1) is 0 Å². The molecule has 3 aliphatic rings. The minimum atomic E-state index is -0.444. The van der Waals surface area contributed by atoms with Crippen molar-refractivity contribution in [1.29, 1.82) is 0 Å². The monoisotopic (exact) mass is 858 g/mol. The van der Waals surface area contributed by atoms with E-state index in [4.69, 9.17) is 9.41 Å². The van der Waals surface area contributed by atoms with Crippen molar-refractivity contribution in [2.45, 2.75) is 25.2 Å². The Morgan fingerprint density at radius 3 is 1.85 bits per heavy atom. The first kappa shape index (κ1) is 38.0. The van der Waals surface area contributed by atoms with Gasteiger partial charge in [0, 0.05) is 44.8 Å². The Labute approximate surface area is 388 Å². The summed E-state index contributed by atoms with van der Waals surface area (Å²) in [4.78, 5) is 5.82. The van der Waals surface area contributed by atoms with Crippen LogP contribution in [0.4, 0.5) is 0 Å². The highest BCUT2D eigenvalue weighted by Crippen LogP contribution is 2.63. The summed E-state index contributed by atoms with van der Waals surface area (Å²) in [6.07, 6.45) is 1.62. The lowest BCUT2D eigenvalue weighted by molar-refractivity contribution is -0.370.